The Morgan fingerprint density at radius 3 is 2.08 bits per heavy atom. The summed E-state index contributed by atoms with van der Waals surface area (Å²) in [6, 6.07) is 18.4. The van der Waals surface area contributed by atoms with Crippen molar-refractivity contribution in [3.05, 3.63) is 103 Å². The maximum Gasteiger partial charge on any atom is 0.269 e. The molecule has 10 heteroatoms. The average molecular weight is 594 g/mol. The summed E-state index contributed by atoms with van der Waals surface area (Å²) in [5.74, 6) is -5.17. The molecule has 2 heterocycles. The van der Waals surface area contributed by atoms with Gasteiger partial charge in [0.1, 0.15) is 0 Å². The van der Waals surface area contributed by atoms with Crippen LogP contribution in [0.25, 0.3) is 0 Å². The van der Waals surface area contributed by atoms with Gasteiger partial charge in [0.15, 0.2) is 0 Å². The number of anilines is 1. The van der Waals surface area contributed by atoms with E-state index in [1.807, 2.05) is 6.07 Å². The number of non-ortho nitro benzene ring substituents is 1. The zero-order chi connectivity index (χ0) is 25.4. The van der Waals surface area contributed by atoms with Crippen molar-refractivity contribution in [3.63, 3.8) is 0 Å². The summed E-state index contributed by atoms with van der Waals surface area (Å²) in [7, 11) is 0. The molecule has 1 spiro atoms. The molecule has 0 N–H and O–H groups in total. The third-order valence-electron chi connectivity index (χ3n) is 7.01. The van der Waals surface area contributed by atoms with Crippen LogP contribution in [-0.4, -0.2) is 33.9 Å². The van der Waals surface area contributed by atoms with Crippen molar-refractivity contribution in [2.45, 2.75) is 11.7 Å². The van der Waals surface area contributed by atoms with Crippen molar-refractivity contribution in [1.82, 2.24) is 0 Å². The van der Waals surface area contributed by atoms with Crippen LogP contribution in [0.15, 0.2) is 72.8 Å². The van der Waals surface area contributed by atoms with Gasteiger partial charge in [0.05, 0.1) is 28.6 Å². The van der Waals surface area contributed by atoms with Gasteiger partial charge in [-0.3, -0.25) is 29.3 Å². The summed E-state index contributed by atoms with van der Waals surface area (Å²) < 4.78 is 7.09. The molecule has 2 aliphatic heterocycles. The second kappa shape index (κ2) is 7.87. The second-order valence-electron chi connectivity index (χ2n) is 8.82. The highest BCUT2D eigenvalue weighted by molar-refractivity contribution is 14.1. The van der Waals surface area contributed by atoms with E-state index in [9.17, 15) is 29.3 Å². The fourth-order valence-corrected chi connectivity index (χ4v) is 6.05. The van der Waals surface area contributed by atoms with Gasteiger partial charge in [-0.05, 0) is 52.4 Å². The van der Waals surface area contributed by atoms with Crippen molar-refractivity contribution >= 4 is 57.3 Å². The number of carbonyl (C=O) groups excluding carboxylic acids is 4. The van der Waals surface area contributed by atoms with E-state index in [1.54, 1.807) is 30.3 Å². The molecule has 9 nitrogen and oxygen atoms in total. The molecular weight excluding hydrogens is 579 g/mol. The Bertz CT molecular complexity index is 1480. The normalized spacial score (nSPS) is 23.9. The largest absolute Gasteiger partial charge is 0.349 e. The molecular formula is C26H15IN2O7. The average Bonchev–Trinajstić information content (AvgIpc) is 3.44. The fraction of sp³-hybridized carbons (Fsp3) is 0.154. The molecule has 2 amide bonds. The molecule has 3 aliphatic rings. The van der Waals surface area contributed by atoms with E-state index in [0.717, 1.165) is 8.47 Å². The van der Waals surface area contributed by atoms with E-state index in [1.165, 1.54) is 36.4 Å². The Morgan fingerprint density at radius 2 is 1.50 bits per heavy atom. The lowest BCUT2D eigenvalue weighted by atomic mass is 9.77. The van der Waals surface area contributed by atoms with E-state index in [2.05, 4.69) is 22.6 Å². The van der Waals surface area contributed by atoms with Crippen LogP contribution in [0.2, 0.25) is 0 Å². The SMILES string of the molecule is O=C1[C@@H]2[C@@H](c3cccc(I)c3)OC3(C(=O)c4ccccc4C3=O)[C@@H]2C(=O)N1c1ccc([N+](=O)[O-])cc1. The van der Waals surface area contributed by atoms with Gasteiger partial charge < -0.3 is 4.74 Å². The van der Waals surface area contributed by atoms with Gasteiger partial charge >= 0.3 is 0 Å². The lowest BCUT2D eigenvalue weighted by molar-refractivity contribution is -0.384. The number of imide groups is 1. The van der Waals surface area contributed by atoms with Crippen molar-refractivity contribution in [2.24, 2.45) is 11.8 Å². The number of fused-ring (bicyclic) bond motifs is 3. The molecule has 3 aromatic rings. The van der Waals surface area contributed by atoms with Crippen molar-refractivity contribution in [3.8, 4) is 0 Å². The van der Waals surface area contributed by atoms with Gasteiger partial charge in [0, 0.05) is 26.8 Å². The first-order chi connectivity index (χ1) is 17.3. The maximum atomic E-state index is 13.8. The first kappa shape index (κ1) is 22.7. The van der Waals surface area contributed by atoms with E-state index in [-0.39, 0.29) is 22.5 Å². The Labute approximate surface area is 217 Å². The van der Waals surface area contributed by atoms with Gasteiger partial charge in [-0.15, -0.1) is 0 Å². The fourth-order valence-electron chi connectivity index (χ4n) is 5.48. The third kappa shape index (κ3) is 2.91. The first-order valence-electron chi connectivity index (χ1n) is 11.0. The zero-order valence-electron chi connectivity index (χ0n) is 18.3. The number of amides is 2. The first-order valence-corrected chi connectivity index (χ1v) is 12.1. The number of nitro groups is 1. The summed E-state index contributed by atoms with van der Waals surface area (Å²) in [5, 5.41) is 11.1. The number of hydrogen-bond acceptors (Lipinski definition) is 7. The topological polar surface area (TPSA) is 124 Å². The minimum absolute atomic E-state index is 0.122. The van der Waals surface area contributed by atoms with Crippen LogP contribution >= 0.6 is 22.6 Å². The minimum Gasteiger partial charge on any atom is -0.349 e. The zero-order valence-corrected chi connectivity index (χ0v) is 20.4. The number of nitrogens with zero attached hydrogens (tertiary/aromatic N) is 2. The Kier molecular flexibility index (Phi) is 4.96. The van der Waals surface area contributed by atoms with Gasteiger partial charge in [-0.1, -0.05) is 36.4 Å². The molecule has 0 bridgehead atoms. The van der Waals surface area contributed by atoms with Crippen LogP contribution in [0.5, 0.6) is 0 Å². The number of nitro benzene ring substituents is 1. The number of halogens is 1. The van der Waals surface area contributed by atoms with Crippen molar-refractivity contribution in [1.29, 1.82) is 0 Å². The van der Waals surface area contributed by atoms with E-state index in [4.69, 9.17) is 4.74 Å². The summed E-state index contributed by atoms with van der Waals surface area (Å²) in [5.41, 5.74) is -1.37. The van der Waals surface area contributed by atoms with Crippen LogP contribution < -0.4 is 4.90 Å². The smallest absolute Gasteiger partial charge is 0.269 e. The highest BCUT2D eigenvalue weighted by atomic mass is 127. The number of hydrogen-bond donors (Lipinski definition) is 0. The quantitative estimate of drug-likeness (QED) is 0.148. The lowest BCUT2D eigenvalue weighted by Gasteiger charge is -2.27. The maximum absolute atomic E-state index is 13.8. The monoisotopic (exact) mass is 594 g/mol. The molecule has 1 aliphatic carbocycles. The molecule has 2 fully saturated rings. The molecule has 3 atom stereocenters. The molecule has 0 saturated carbocycles. The van der Waals surface area contributed by atoms with Gasteiger partial charge in [-0.2, -0.15) is 0 Å². The van der Waals surface area contributed by atoms with E-state index in [0.29, 0.717) is 5.56 Å². The number of rotatable bonds is 3. The third-order valence-corrected chi connectivity index (χ3v) is 7.69. The summed E-state index contributed by atoms with van der Waals surface area (Å²) >= 11 is 2.10. The van der Waals surface area contributed by atoms with Crippen LogP contribution in [-0.2, 0) is 14.3 Å². The molecule has 6 rings (SSSR count). The van der Waals surface area contributed by atoms with Crippen molar-refractivity contribution in [2.75, 3.05) is 4.90 Å². The van der Waals surface area contributed by atoms with E-state index >= 15 is 0 Å². The molecule has 0 aromatic heterocycles. The standard InChI is InChI=1S/C26H15IN2O7/c27-14-5-3-4-13(12-14)21-19-20(26(36-21)22(30)17-6-1-2-7-18(17)23(26)31)25(33)28(24(19)32)15-8-10-16(11-9-15)29(34)35/h1-12,19-21H/t19-,20-,21+/m0/s1. The molecule has 3 aromatic carbocycles. The van der Waals surface area contributed by atoms with Crippen LogP contribution in [0.4, 0.5) is 11.4 Å². The number of ketones is 2. The predicted molar refractivity (Wildman–Crippen MR) is 133 cm³/mol. The van der Waals surface area contributed by atoms with Crippen LogP contribution in [0.1, 0.15) is 32.4 Å². The second-order valence-corrected chi connectivity index (χ2v) is 10.1. The molecule has 2 saturated heterocycles. The summed E-state index contributed by atoms with van der Waals surface area (Å²) in [4.78, 5) is 66.5. The summed E-state index contributed by atoms with van der Waals surface area (Å²) in [6.45, 7) is 0. The van der Waals surface area contributed by atoms with Crippen molar-refractivity contribution < 1.29 is 28.8 Å². The highest BCUT2D eigenvalue weighted by Gasteiger charge is 2.74. The van der Waals surface area contributed by atoms with Crippen LogP contribution in [0.3, 0.4) is 0 Å². The Balaban J connectivity index is 1.52. The number of Topliss-reactive ketones (excluding diaryl/α,β-unsaturated/α-hetero) is 2. The van der Waals surface area contributed by atoms with Gasteiger partial charge in [-0.25, -0.2) is 4.90 Å². The Hall–Kier alpha value is -3.77. The minimum atomic E-state index is -2.16. The lowest BCUT2D eigenvalue weighted by Crippen LogP contribution is -2.51. The number of carbonyl (C=O) groups is 4. The van der Waals surface area contributed by atoms with E-state index < -0.39 is 51.8 Å². The predicted octanol–water partition coefficient (Wildman–Crippen LogP) is 3.89. The number of benzene rings is 3. The van der Waals surface area contributed by atoms with Crippen LogP contribution in [0, 0.1) is 25.5 Å². The summed E-state index contributed by atoms with van der Waals surface area (Å²) in [6.07, 6.45) is -1.02. The molecule has 178 valence electrons. The number of ether oxygens (including phenoxy) is 1. The molecule has 36 heavy (non-hydrogen) atoms. The molecule has 0 unspecified atom stereocenters. The van der Waals surface area contributed by atoms with Gasteiger partial charge in [0.25, 0.3) is 5.69 Å². The highest BCUT2D eigenvalue weighted by Crippen LogP contribution is 2.57. The Morgan fingerprint density at radius 1 is 0.861 bits per heavy atom. The molecule has 0 radical (unpaired) electrons. The van der Waals surface area contributed by atoms with Gasteiger partial charge in [0.2, 0.25) is 29.0 Å².